The van der Waals surface area contributed by atoms with Crippen molar-refractivity contribution in [2.24, 2.45) is 0 Å². The van der Waals surface area contributed by atoms with Crippen molar-refractivity contribution in [3.05, 3.63) is 71.5 Å². The van der Waals surface area contributed by atoms with Crippen LogP contribution in [0.25, 0.3) is 10.8 Å². The zero-order valence-corrected chi connectivity index (χ0v) is 17.5. The number of nitrogens with one attached hydrogen (secondary N) is 1. The summed E-state index contributed by atoms with van der Waals surface area (Å²) in [6, 6.07) is 14.9. The molecular formula is C23H23FN2O3S. The van der Waals surface area contributed by atoms with Gasteiger partial charge in [-0.05, 0) is 66.1 Å². The number of anilines is 1. The molecule has 156 valence electrons. The van der Waals surface area contributed by atoms with E-state index in [0.29, 0.717) is 6.42 Å². The molecule has 0 aromatic heterocycles. The molecule has 0 saturated carbocycles. The number of sulfonamides is 1. The number of benzene rings is 3. The van der Waals surface area contributed by atoms with Gasteiger partial charge in [-0.3, -0.25) is 4.79 Å². The van der Waals surface area contributed by atoms with Crippen molar-refractivity contribution >= 4 is 32.4 Å². The fraction of sp³-hybridized carbons (Fsp3) is 0.261. The Kier molecular flexibility index (Phi) is 5.58. The Morgan fingerprint density at radius 2 is 1.73 bits per heavy atom. The number of aryl methyl sites for hydroxylation is 2. The third-order valence-corrected chi connectivity index (χ3v) is 7.42. The zero-order chi connectivity index (χ0) is 21.3. The number of hydrogen-bond acceptors (Lipinski definition) is 3. The quantitative estimate of drug-likeness (QED) is 0.618. The van der Waals surface area contributed by atoms with Crippen molar-refractivity contribution in [2.45, 2.75) is 30.6 Å². The lowest BCUT2D eigenvalue weighted by Crippen LogP contribution is -2.28. The number of nitrogens with zero attached hydrogens (tertiary/aromatic N) is 1. The summed E-state index contributed by atoms with van der Waals surface area (Å²) in [6.07, 6.45) is 2.63. The SMILES string of the molecule is CN(CCCC(=O)Nc1ccc2c3c(cccc13)CC2)S(=O)(=O)c1ccc(F)cc1. The summed E-state index contributed by atoms with van der Waals surface area (Å²) in [4.78, 5) is 12.5. The van der Waals surface area contributed by atoms with Crippen molar-refractivity contribution in [3.63, 3.8) is 0 Å². The van der Waals surface area contributed by atoms with E-state index < -0.39 is 15.8 Å². The third-order valence-electron chi connectivity index (χ3n) is 5.55. The van der Waals surface area contributed by atoms with E-state index in [1.165, 1.54) is 40.0 Å². The van der Waals surface area contributed by atoms with Gasteiger partial charge in [0.15, 0.2) is 0 Å². The van der Waals surface area contributed by atoms with E-state index in [-0.39, 0.29) is 23.8 Å². The van der Waals surface area contributed by atoms with Crippen molar-refractivity contribution < 1.29 is 17.6 Å². The summed E-state index contributed by atoms with van der Waals surface area (Å²) < 4.78 is 39.3. The highest BCUT2D eigenvalue weighted by Crippen LogP contribution is 2.35. The van der Waals surface area contributed by atoms with Gasteiger partial charge in [0.05, 0.1) is 4.90 Å². The maximum Gasteiger partial charge on any atom is 0.242 e. The molecule has 0 heterocycles. The number of carbonyl (C=O) groups excluding carboxylic acids is 1. The van der Waals surface area contributed by atoms with Crippen LogP contribution in [0, 0.1) is 5.82 Å². The summed E-state index contributed by atoms with van der Waals surface area (Å²) in [5, 5.41) is 5.25. The first-order valence-electron chi connectivity index (χ1n) is 9.91. The molecule has 3 aromatic rings. The third kappa shape index (κ3) is 3.95. The molecule has 1 aliphatic carbocycles. The fourth-order valence-electron chi connectivity index (χ4n) is 3.94. The van der Waals surface area contributed by atoms with Crippen LogP contribution in [0.2, 0.25) is 0 Å². The summed E-state index contributed by atoms with van der Waals surface area (Å²) in [7, 11) is -2.25. The number of hydrogen-bond donors (Lipinski definition) is 1. The molecule has 7 heteroatoms. The van der Waals surface area contributed by atoms with E-state index in [0.717, 1.165) is 36.0 Å². The Labute approximate surface area is 175 Å². The lowest BCUT2D eigenvalue weighted by atomic mass is 10.0. The first-order chi connectivity index (χ1) is 14.4. The highest BCUT2D eigenvalue weighted by Gasteiger charge is 2.21. The van der Waals surface area contributed by atoms with Crippen LogP contribution in [0.15, 0.2) is 59.5 Å². The van der Waals surface area contributed by atoms with E-state index in [4.69, 9.17) is 0 Å². The van der Waals surface area contributed by atoms with Crippen LogP contribution in [-0.2, 0) is 27.7 Å². The highest BCUT2D eigenvalue weighted by molar-refractivity contribution is 7.89. The summed E-state index contributed by atoms with van der Waals surface area (Å²) >= 11 is 0. The molecule has 0 saturated heterocycles. The van der Waals surface area contributed by atoms with Crippen LogP contribution in [0.1, 0.15) is 24.0 Å². The lowest BCUT2D eigenvalue weighted by molar-refractivity contribution is -0.116. The normalized spacial score (nSPS) is 13.2. The average Bonchev–Trinajstić information content (AvgIpc) is 3.15. The number of rotatable bonds is 7. The Morgan fingerprint density at radius 1 is 1.03 bits per heavy atom. The molecule has 5 nitrogen and oxygen atoms in total. The second-order valence-electron chi connectivity index (χ2n) is 7.54. The lowest BCUT2D eigenvalue weighted by Gasteiger charge is -2.17. The minimum atomic E-state index is -3.71. The van der Waals surface area contributed by atoms with Gasteiger partial charge < -0.3 is 5.32 Å². The first kappa shape index (κ1) is 20.5. The first-order valence-corrected chi connectivity index (χ1v) is 11.4. The summed E-state index contributed by atoms with van der Waals surface area (Å²) in [6.45, 7) is 0.191. The minimum absolute atomic E-state index is 0.0312. The largest absolute Gasteiger partial charge is 0.326 e. The van der Waals surface area contributed by atoms with Gasteiger partial charge in [-0.25, -0.2) is 17.1 Å². The van der Waals surface area contributed by atoms with E-state index >= 15 is 0 Å². The molecule has 0 bridgehead atoms. The number of carbonyl (C=O) groups is 1. The number of halogens is 1. The molecule has 1 aliphatic rings. The van der Waals surface area contributed by atoms with Crippen molar-refractivity contribution in [2.75, 3.05) is 18.9 Å². The molecule has 0 radical (unpaired) electrons. The van der Waals surface area contributed by atoms with Crippen molar-refractivity contribution in [1.29, 1.82) is 0 Å². The monoisotopic (exact) mass is 426 g/mol. The second kappa shape index (κ2) is 8.16. The molecule has 4 rings (SSSR count). The van der Waals surface area contributed by atoms with E-state index in [1.807, 2.05) is 18.2 Å². The molecule has 0 aliphatic heterocycles. The summed E-state index contributed by atoms with van der Waals surface area (Å²) in [5.74, 6) is -0.641. The van der Waals surface area contributed by atoms with E-state index in [2.05, 4.69) is 17.4 Å². The maximum atomic E-state index is 13.0. The van der Waals surface area contributed by atoms with Crippen LogP contribution < -0.4 is 5.32 Å². The van der Waals surface area contributed by atoms with Crippen molar-refractivity contribution in [1.82, 2.24) is 4.31 Å². The Hall–Kier alpha value is -2.77. The molecule has 0 spiro atoms. The van der Waals surface area contributed by atoms with Crippen LogP contribution in [-0.4, -0.2) is 32.2 Å². The molecule has 3 aromatic carbocycles. The highest BCUT2D eigenvalue weighted by atomic mass is 32.2. The molecule has 0 unspecified atom stereocenters. The van der Waals surface area contributed by atoms with Gasteiger partial charge in [0, 0.05) is 31.1 Å². The number of amides is 1. The van der Waals surface area contributed by atoms with Crippen LogP contribution in [0.3, 0.4) is 0 Å². The predicted octanol–water partition coefficient (Wildman–Crippen LogP) is 4.12. The van der Waals surface area contributed by atoms with Crippen molar-refractivity contribution in [3.8, 4) is 0 Å². The van der Waals surface area contributed by atoms with Crippen LogP contribution in [0.5, 0.6) is 0 Å². The predicted molar refractivity (Wildman–Crippen MR) is 115 cm³/mol. The topological polar surface area (TPSA) is 66.5 Å². The van der Waals surface area contributed by atoms with E-state index in [1.54, 1.807) is 0 Å². The molecular weight excluding hydrogens is 403 g/mol. The smallest absolute Gasteiger partial charge is 0.242 e. The Bertz CT molecular complexity index is 1200. The van der Waals surface area contributed by atoms with Gasteiger partial charge in [-0.1, -0.05) is 24.3 Å². The van der Waals surface area contributed by atoms with Gasteiger partial charge >= 0.3 is 0 Å². The van der Waals surface area contributed by atoms with Gasteiger partial charge in [0.25, 0.3) is 0 Å². The Balaban J connectivity index is 1.37. The van der Waals surface area contributed by atoms with Gasteiger partial charge in [0.1, 0.15) is 5.82 Å². The zero-order valence-electron chi connectivity index (χ0n) is 16.7. The van der Waals surface area contributed by atoms with Crippen LogP contribution >= 0.6 is 0 Å². The molecule has 0 atom stereocenters. The van der Waals surface area contributed by atoms with Gasteiger partial charge in [-0.15, -0.1) is 0 Å². The average molecular weight is 427 g/mol. The molecule has 0 fully saturated rings. The molecule has 1 N–H and O–H groups in total. The fourth-order valence-corrected chi connectivity index (χ4v) is 5.15. The minimum Gasteiger partial charge on any atom is -0.326 e. The van der Waals surface area contributed by atoms with Crippen LogP contribution in [0.4, 0.5) is 10.1 Å². The standard InChI is InChI=1S/C23H23FN2O3S/c1-26(30(28,29)19-12-10-18(24)11-13-19)15-3-6-22(27)25-21-14-9-17-8-7-16-4-2-5-20(21)23(16)17/h2,4-5,9-14H,3,6-8,15H2,1H3,(H,25,27). The molecule has 1 amide bonds. The Morgan fingerprint density at radius 3 is 2.47 bits per heavy atom. The summed E-state index contributed by atoms with van der Waals surface area (Å²) in [5.41, 5.74) is 3.41. The second-order valence-corrected chi connectivity index (χ2v) is 9.59. The van der Waals surface area contributed by atoms with E-state index in [9.17, 15) is 17.6 Å². The van der Waals surface area contributed by atoms with Gasteiger partial charge in [-0.2, -0.15) is 0 Å². The van der Waals surface area contributed by atoms with Gasteiger partial charge in [0.2, 0.25) is 15.9 Å². The molecule has 30 heavy (non-hydrogen) atoms. The maximum absolute atomic E-state index is 13.0.